The van der Waals surface area contributed by atoms with Crippen molar-refractivity contribution >= 4 is 50.4 Å². The quantitative estimate of drug-likeness (QED) is 0.652. The smallest absolute Gasteiger partial charge is 0.126 e. The maximum absolute atomic E-state index is 5.99. The Morgan fingerprint density at radius 2 is 1.72 bits per heavy atom. The zero-order valence-corrected chi connectivity index (χ0v) is 11.5. The summed E-state index contributed by atoms with van der Waals surface area (Å²) in [6.07, 6.45) is 0. The zero-order valence-electron chi connectivity index (χ0n) is 9.15. The number of nitrogen functional groups attached to an aromatic ring is 1. The molecule has 2 N–H and O–H groups in total. The molecule has 3 aromatic rings. The highest BCUT2D eigenvalue weighted by atomic mass is 35.5. The minimum absolute atomic E-state index is 0.650. The molecule has 0 aliphatic rings. The number of nitrogens with zero attached hydrogens (tertiary/aromatic N) is 1. The molecule has 18 heavy (non-hydrogen) atoms. The van der Waals surface area contributed by atoms with Gasteiger partial charge < -0.3 is 5.73 Å². The number of anilines is 1. The van der Waals surface area contributed by atoms with E-state index in [9.17, 15) is 0 Å². The van der Waals surface area contributed by atoms with Gasteiger partial charge in [0.1, 0.15) is 5.01 Å². The van der Waals surface area contributed by atoms with Crippen molar-refractivity contribution < 1.29 is 0 Å². The molecular weight excluding hydrogens is 287 g/mol. The van der Waals surface area contributed by atoms with Crippen molar-refractivity contribution in [3.8, 4) is 10.6 Å². The summed E-state index contributed by atoms with van der Waals surface area (Å²) in [7, 11) is 0. The first-order valence-corrected chi connectivity index (χ1v) is 6.82. The Hall–Kier alpha value is -1.29. The largest absolute Gasteiger partial charge is 0.398 e. The van der Waals surface area contributed by atoms with Gasteiger partial charge in [0, 0.05) is 21.3 Å². The minimum Gasteiger partial charge on any atom is -0.398 e. The Bertz CT molecular complexity index is 737. The third-order valence-electron chi connectivity index (χ3n) is 2.60. The summed E-state index contributed by atoms with van der Waals surface area (Å²) in [6, 6.07) is 11.0. The van der Waals surface area contributed by atoms with Gasteiger partial charge in [-0.15, -0.1) is 11.3 Å². The van der Waals surface area contributed by atoms with Crippen LogP contribution in [-0.4, -0.2) is 4.98 Å². The number of nitrogens with two attached hydrogens (primary N) is 1. The molecule has 0 aliphatic carbocycles. The number of fused-ring (bicyclic) bond motifs is 1. The fourth-order valence-electron chi connectivity index (χ4n) is 1.73. The topological polar surface area (TPSA) is 38.9 Å². The highest BCUT2D eigenvalue weighted by molar-refractivity contribution is 7.21. The maximum Gasteiger partial charge on any atom is 0.126 e. The Morgan fingerprint density at radius 3 is 2.56 bits per heavy atom. The monoisotopic (exact) mass is 294 g/mol. The summed E-state index contributed by atoms with van der Waals surface area (Å²) in [6.45, 7) is 0. The molecule has 5 heteroatoms. The lowest BCUT2D eigenvalue weighted by Crippen LogP contribution is -1.88. The van der Waals surface area contributed by atoms with Gasteiger partial charge in [-0.3, -0.25) is 0 Å². The molecule has 0 unspecified atom stereocenters. The molecular formula is C13H8Cl2N2S. The van der Waals surface area contributed by atoms with Crippen LogP contribution in [0.5, 0.6) is 0 Å². The zero-order chi connectivity index (χ0) is 12.7. The Balaban J connectivity index is 2.22. The van der Waals surface area contributed by atoms with Crippen molar-refractivity contribution in [2.75, 3.05) is 5.73 Å². The van der Waals surface area contributed by atoms with Crippen molar-refractivity contribution in [1.29, 1.82) is 0 Å². The number of hydrogen-bond donors (Lipinski definition) is 1. The number of thiazole rings is 1. The van der Waals surface area contributed by atoms with E-state index in [1.807, 2.05) is 24.3 Å². The number of benzene rings is 2. The third-order valence-corrected chi connectivity index (χ3v) is 4.12. The van der Waals surface area contributed by atoms with Gasteiger partial charge in [-0.05, 0) is 36.4 Å². The molecule has 90 valence electrons. The van der Waals surface area contributed by atoms with E-state index >= 15 is 0 Å². The molecule has 0 bridgehead atoms. The van der Waals surface area contributed by atoms with Crippen LogP contribution >= 0.6 is 34.5 Å². The van der Waals surface area contributed by atoms with Gasteiger partial charge in [-0.25, -0.2) is 4.98 Å². The van der Waals surface area contributed by atoms with Crippen LogP contribution in [0.1, 0.15) is 0 Å². The second kappa shape index (κ2) is 4.43. The van der Waals surface area contributed by atoms with Gasteiger partial charge >= 0.3 is 0 Å². The predicted molar refractivity (Wildman–Crippen MR) is 79.5 cm³/mol. The first-order chi connectivity index (χ1) is 8.63. The SMILES string of the molecule is Nc1ccc(Cl)cc1-c1nc2ccc(Cl)cc2s1. The summed E-state index contributed by atoms with van der Waals surface area (Å²) < 4.78 is 1.04. The average molecular weight is 295 g/mol. The molecule has 0 aliphatic heterocycles. The van der Waals surface area contributed by atoms with E-state index in [1.165, 1.54) is 0 Å². The van der Waals surface area contributed by atoms with Crippen molar-refractivity contribution in [3.63, 3.8) is 0 Å². The highest BCUT2D eigenvalue weighted by Gasteiger charge is 2.10. The number of aromatic nitrogens is 1. The van der Waals surface area contributed by atoms with Crippen LogP contribution in [0.3, 0.4) is 0 Å². The van der Waals surface area contributed by atoms with E-state index in [2.05, 4.69) is 4.98 Å². The Labute approximate surface area is 118 Å². The van der Waals surface area contributed by atoms with Crippen molar-refractivity contribution in [2.24, 2.45) is 0 Å². The first-order valence-electron chi connectivity index (χ1n) is 5.25. The van der Waals surface area contributed by atoms with E-state index in [0.29, 0.717) is 15.7 Å². The van der Waals surface area contributed by atoms with E-state index in [1.54, 1.807) is 23.5 Å². The average Bonchev–Trinajstić information content (AvgIpc) is 2.74. The van der Waals surface area contributed by atoms with Crippen LogP contribution in [0.25, 0.3) is 20.8 Å². The van der Waals surface area contributed by atoms with Gasteiger partial charge in [0.05, 0.1) is 10.2 Å². The summed E-state index contributed by atoms with van der Waals surface area (Å²) in [5, 5.41) is 2.21. The predicted octanol–water partition coefficient (Wildman–Crippen LogP) is 4.85. The fraction of sp³-hybridized carbons (Fsp3) is 0. The van der Waals surface area contributed by atoms with Crippen molar-refractivity contribution in [2.45, 2.75) is 0 Å². The molecule has 0 saturated heterocycles. The molecule has 1 heterocycles. The fourth-order valence-corrected chi connectivity index (χ4v) is 3.18. The lowest BCUT2D eigenvalue weighted by Gasteiger charge is -2.01. The number of halogens is 2. The van der Waals surface area contributed by atoms with E-state index in [4.69, 9.17) is 28.9 Å². The summed E-state index contributed by atoms with van der Waals surface area (Å²) in [4.78, 5) is 4.55. The second-order valence-electron chi connectivity index (χ2n) is 3.86. The van der Waals surface area contributed by atoms with Crippen LogP contribution in [0.15, 0.2) is 36.4 Å². The normalized spacial score (nSPS) is 11.0. The summed E-state index contributed by atoms with van der Waals surface area (Å²) in [5.41, 5.74) is 8.40. The Kier molecular flexibility index (Phi) is 2.90. The van der Waals surface area contributed by atoms with Crippen LogP contribution < -0.4 is 5.73 Å². The van der Waals surface area contributed by atoms with E-state index in [0.717, 1.165) is 20.8 Å². The summed E-state index contributed by atoms with van der Waals surface area (Å²) >= 11 is 13.5. The van der Waals surface area contributed by atoms with Gasteiger partial charge in [-0.1, -0.05) is 23.2 Å². The summed E-state index contributed by atoms with van der Waals surface area (Å²) in [5.74, 6) is 0. The molecule has 2 nitrogen and oxygen atoms in total. The molecule has 1 aromatic heterocycles. The molecule has 0 amide bonds. The number of rotatable bonds is 1. The number of hydrogen-bond acceptors (Lipinski definition) is 3. The van der Waals surface area contributed by atoms with Crippen LogP contribution in [-0.2, 0) is 0 Å². The van der Waals surface area contributed by atoms with Gasteiger partial charge in [-0.2, -0.15) is 0 Å². The van der Waals surface area contributed by atoms with Crippen LogP contribution in [0.4, 0.5) is 5.69 Å². The van der Waals surface area contributed by atoms with Gasteiger partial charge in [0.2, 0.25) is 0 Å². The Morgan fingerprint density at radius 1 is 1.00 bits per heavy atom. The van der Waals surface area contributed by atoms with Crippen LogP contribution in [0.2, 0.25) is 10.0 Å². The van der Waals surface area contributed by atoms with Gasteiger partial charge in [0.15, 0.2) is 0 Å². The molecule has 0 saturated carbocycles. The molecule has 0 spiro atoms. The van der Waals surface area contributed by atoms with E-state index in [-0.39, 0.29) is 0 Å². The molecule has 2 aromatic carbocycles. The lowest BCUT2D eigenvalue weighted by atomic mass is 10.2. The molecule has 3 rings (SSSR count). The molecule has 0 atom stereocenters. The standard InChI is InChI=1S/C13H8Cl2N2S/c14-7-1-3-10(16)9(5-7)13-17-11-4-2-8(15)6-12(11)18-13/h1-6H,16H2. The minimum atomic E-state index is 0.650. The second-order valence-corrected chi connectivity index (χ2v) is 5.77. The van der Waals surface area contributed by atoms with E-state index < -0.39 is 0 Å². The highest BCUT2D eigenvalue weighted by Crippen LogP contribution is 2.35. The first kappa shape index (κ1) is 11.8. The van der Waals surface area contributed by atoms with Crippen molar-refractivity contribution in [1.82, 2.24) is 4.98 Å². The van der Waals surface area contributed by atoms with Crippen molar-refractivity contribution in [3.05, 3.63) is 46.4 Å². The lowest BCUT2D eigenvalue weighted by molar-refractivity contribution is 1.48. The van der Waals surface area contributed by atoms with Gasteiger partial charge in [0.25, 0.3) is 0 Å². The molecule has 0 fully saturated rings. The third kappa shape index (κ3) is 2.05. The van der Waals surface area contributed by atoms with Crippen LogP contribution in [0, 0.1) is 0 Å². The maximum atomic E-state index is 5.99. The molecule has 0 radical (unpaired) electrons.